The Kier molecular flexibility index (Phi) is 3.05. The van der Waals surface area contributed by atoms with Crippen molar-refractivity contribution in [1.82, 2.24) is 9.78 Å². The Labute approximate surface area is 115 Å². The highest BCUT2D eigenvalue weighted by Gasteiger charge is 2.18. The molecule has 3 rings (SSSR count). The third kappa shape index (κ3) is 2.13. The number of aromatic nitrogens is 2. The number of para-hydroxylation sites is 1. The summed E-state index contributed by atoms with van der Waals surface area (Å²) in [5, 5.41) is 15.9. The maximum atomic E-state index is 10.3. The van der Waals surface area contributed by atoms with Gasteiger partial charge in [0.2, 0.25) is 0 Å². The lowest BCUT2D eigenvalue weighted by molar-refractivity contribution is 0.192. The van der Waals surface area contributed by atoms with E-state index in [9.17, 15) is 5.11 Å². The fourth-order valence-electron chi connectivity index (χ4n) is 2.04. The first-order valence-corrected chi connectivity index (χ1v) is 6.45. The molecule has 0 saturated carbocycles. The molecule has 5 heteroatoms. The normalized spacial score (nSPS) is 13.0. The number of hydrogen-bond donors (Lipinski definition) is 1. The third-order valence-corrected chi connectivity index (χ3v) is 3.38. The summed E-state index contributed by atoms with van der Waals surface area (Å²) >= 11 is 6.06. The molecule has 0 aliphatic heterocycles. The number of furan rings is 1. The molecule has 1 unspecified atom stereocenters. The van der Waals surface area contributed by atoms with E-state index in [1.165, 1.54) is 0 Å². The van der Waals surface area contributed by atoms with E-state index in [4.69, 9.17) is 16.0 Å². The van der Waals surface area contributed by atoms with Crippen LogP contribution in [0.5, 0.6) is 0 Å². The molecule has 1 atom stereocenters. The van der Waals surface area contributed by atoms with Gasteiger partial charge in [0, 0.05) is 23.7 Å². The van der Waals surface area contributed by atoms with Gasteiger partial charge in [-0.3, -0.25) is 4.68 Å². The van der Waals surface area contributed by atoms with Crippen molar-refractivity contribution in [3.8, 4) is 0 Å². The monoisotopic (exact) mass is 276 g/mol. The van der Waals surface area contributed by atoms with Gasteiger partial charge in [-0.05, 0) is 19.1 Å². The first-order chi connectivity index (χ1) is 9.19. The molecule has 0 bridgehead atoms. The Morgan fingerprint density at radius 1 is 1.47 bits per heavy atom. The summed E-state index contributed by atoms with van der Waals surface area (Å²) < 4.78 is 7.40. The smallest absolute Gasteiger partial charge is 0.153 e. The molecule has 0 saturated heterocycles. The number of hydrogen-bond acceptors (Lipinski definition) is 3. The lowest BCUT2D eigenvalue weighted by Gasteiger charge is -2.03. The average molecular weight is 277 g/mol. The van der Waals surface area contributed by atoms with Crippen LogP contribution in [0.25, 0.3) is 11.0 Å². The lowest BCUT2D eigenvalue weighted by atomic mass is 10.1. The van der Waals surface area contributed by atoms with Crippen LogP contribution in [0.2, 0.25) is 5.02 Å². The van der Waals surface area contributed by atoms with Crippen LogP contribution in [-0.2, 0) is 6.54 Å². The molecule has 0 fully saturated rings. The molecule has 1 aromatic carbocycles. The van der Waals surface area contributed by atoms with Crippen LogP contribution < -0.4 is 0 Å². The standard InChI is InChI=1S/C14H13ClN2O2/c1-2-17-8-10(7-16-17)13(18)12-6-9-4-3-5-11(15)14(9)19-12/h3-8,13,18H,2H2,1H3. The minimum absolute atomic E-state index is 0.471. The Hall–Kier alpha value is -1.78. The molecule has 0 aliphatic rings. The number of aliphatic hydroxyl groups excluding tert-OH is 1. The molecule has 2 aromatic heterocycles. The van der Waals surface area contributed by atoms with E-state index in [1.807, 2.05) is 19.1 Å². The minimum atomic E-state index is -0.830. The van der Waals surface area contributed by atoms with Crippen molar-refractivity contribution in [3.05, 3.63) is 53.0 Å². The maximum absolute atomic E-state index is 10.3. The summed E-state index contributed by atoms with van der Waals surface area (Å²) in [4.78, 5) is 0. The minimum Gasteiger partial charge on any atom is -0.456 e. The van der Waals surface area contributed by atoms with Gasteiger partial charge < -0.3 is 9.52 Å². The number of benzene rings is 1. The predicted molar refractivity (Wildman–Crippen MR) is 73.2 cm³/mol. The summed E-state index contributed by atoms with van der Waals surface area (Å²) in [5.74, 6) is 0.471. The molecule has 0 spiro atoms. The van der Waals surface area contributed by atoms with E-state index in [0.717, 1.165) is 11.9 Å². The Morgan fingerprint density at radius 3 is 3.00 bits per heavy atom. The number of nitrogens with zero attached hydrogens (tertiary/aromatic N) is 2. The van der Waals surface area contributed by atoms with Crippen LogP contribution in [-0.4, -0.2) is 14.9 Å². The highest BCUT2D eigenvalue weighted by Crippen LogP contribution is 2.31. The van der Waals surface area contributed by atoms with Crippen LogP contribution in [0.1, 0.15) is 24.4 Å². The summed E-state index contributed by atoms with van der Waals surface area (Å²) in [6, 6.07) is 7.32. The second kappa shape index (κ2) is 4.72. The lowest BCUT2D eigenvalue weighted by Crippen LogP contribution is -1.97. The fourth-order valence-corrected chi connectivity index (χ4v) is 2.26. The molecular formula is C14H13ClN2O2. The fraction of sp³-hybridized carbons (Fsp3) is 0.214. The zero-order valence-corrected chi connectivity index (χ0v) is 11.1. The largest absolute Gasteiger partial charge is 0.456 e. The van der Waals surface area contributed by atoms with Crippen LogP contribution in [0, 0.1) is 0 Å². The number of aliphatic hydroxyl groups is 1. The van der Waals surface area contributed by atoms with Crippen molar-refractivity contribution < 1.29 is 9.52 Å². The van der Waals surface area contributed by atoms with Gasteiger partial charge in [-0.1, -0.05) is 23.7 Å². The molecule has 98 valence electrons. The molecule has 0 radical (unpaired) electrons. The SMILES string of the molecule is CCn1cc(C(O)c2cc3cccc(Cl)c3o2)cn1. The van der Waals surface area contributed by atoms with Gasteiger partial charge in [0.15, 0.2) is 5.58 Å². The summed E-state index contributed by atoms with van der Waals surface area (Å²) in [6.45, 7) is 2.75. The quantitative estimate of drug-likeness (QED) is 0.798. The second-order valence-corrected chi connectivity index (χ2v) is 4.75. The molecule has 4 nitrogen and oxygen atoms in total. The third-order valence-electron chi connectivity index (χ3n) is 3.08. The molecule has 19 heavy (non-hydrogen) atoms. The van der Waals surface area contributed by atoms with E-state index in [2.05, 4.69) is 5.10 Å². The zero-order chi connectivity index (χ0) is 13.4. The molecule has 0 amide bonds. The molecule has 1 N–H and O–H groups in total. The van der Waals surface area contributed by atoms with Crippen molar-refractivity contribution in [1.29, 1.82) is 0 Å². The number of rotatable bonds is 3. The number of halogens is 1. The van der Waals surface area contributed by atoms with E-state index in [-0.39, 0.29) is 0 Å². The summed E-state index contributed by atoms with van der Waals surface area (Å²) in [7, 11) is 0. The zero-order valence-electron chi connectivity index (χ0n) is 10.4. The molecule has 3 aromatic rings. The Morgan fingerprint density at radius 2 is 2.32 bits per heavy atom. The van der Waals surface area contributed by atoms with Gasteiger partial charge in [-0.25, -0.2) is 0 Å². The van der Waals surface area contributed by atoms with Crippen LogP contribution in [0.15, 0.2) is 41.1 Å². The van der Waals surface area contributed by atoms with E-state index in [0.29, 0.717) is 21.9 Å². The van der Waals surface area contributed by atoms with Crippen molar-refractivity contribution in [2.24, 2.45) is 0 Å². The van der Waals surface area contributed by atoms with E-state index >= 15 is 0 Å². The average Bonchev–Trinajstić information content (AvgIpc) is 3.05. The van der Waals surface area contributed by atoms with Gasteiger partial charge in [0.1, 0.15) is 11.9 Å². The van der Waals surface area contributed by atoms with Gasteiger partial charge in [0.05, 0.1) is 11.2 Å². The first kappa shape index (κ1) is 12.3. The van der Waals surface area contributed by atoms with Crippen LogP contribution in [0.4, 0.5) is 0 Å². The number of fused-ring (bicyclic) bond motifs is 1. The van der Waals surface area contributed by atoms with E-state index < -0.39 is 6.10 Å². The highest BCUT2D eigenvalue weighted by molar-refractivity contribution is 6.34. The van der Waals surface area contributed by atoms with Gasteiger partial charge >= 0.3 is 0 Å². The van der Waals surface area contributed by atoms with Crippen LogP contribution >= 0.6 is 11.6 Å². The van der Waals surface area contributed by atoms with Gasteiger partial charge in [-0.15, -0.1) is 0 Å². The Balaban J connectivity index is 2.01. The van der Waals surface area contributed by atoms with Gasteiger partial charge in [0.25, 0.3) is 0 Å². The van der Waals surface area contributed by atoms with Crippen molar-refractivity contribution in [3.63, 3.8) is 0 Å². The van der Waals surface area contributed by atoms with Crippen LogP contribution in [0.3, 0.4) is 0 Å². The van der Waals surface area contributed by atoms with Crippen molar-refractivity contribution >= 4 is 22.6 Å². The summed E-state index contributed by atoms with van der Waals surface area (Å²) in [6.07, 6.45) is 2.62. The topological polar surface area (TPSA) is 51.2 Å². The molecule has 0 aliphatic carbocycles. The molecular weight excluding hydrogens is 264 g/mol. The number of aryl methyl sites for hydroxylation is 1. The predicted octanol–water partition coefficient (Wildman–Crippen LogP) is 3.38. The van der Waals surface area contributed by atoms with Gasteiger partial charge in [-0.2, -0.15) is 5.10 Å². The molecule has 2 heterocycles. The van der Waals surface area contributed by atoms with Crippen molar-refractivity contribution in [2.45, 2.75) is 19.6 Å². The Bertz CT molecular complexity index is 717. The first-order valence-electron chi connectivity index (χ1n) is 6.07. The highest BCUT2D eigenvalue weighted by atomic mass is 35.5. The van der Waals surface area contributed by atoms with E-state index in [1.54, 1.807) is 29.2 Å². The summed E-state index contributed by atoms with van der Waals surface area (Å²) in [5.41, 5.74) is 1.30. The maximum Gasteiger partial charge on any atom is 0.153 e. The second-order valence-electron chi connectivity index (χ2n) is 4.34. The van der Waals surface area contributed by atoms with Crippen molar-refractivity contribution in [2.75, 3.05) is 0 Å².